The third-order valence-corrected chi connectivity index (χ3v) is 7.29. The predicted molar refractivity (Wildman–Crippen MR) is 107 cm³/mol. The molecule has 3 rings (SSSR count). The molecule has 1 fully saturated rings. The number of aromatic nitrogens is 2. The number of unbranched alkanes of at least 4 members (excludes halogenated alkanes) is 1. The maximum atomic E-state index is 12.9. The fourth-order valence-corrected chi connectivity index (χ4v) is 5.77. The highest BCUT2D eigenvalue weighted by Gasteiger charge is 2.36. The highest BCUT2D eigenvalue weighted by atomic mass is 32.2. The maximum Gasteiger partial charge on any atom is 0.228 e. The molecule has 1 aliphatic carbocycles. The van der Waals surface area contributed by atoms with Gasteiger partial charge in [-0.15, -0.1) is 0 Å². The highest BCUT2D eigenvalue weighted by Crippen LogP contribution is 2.36. The molecule has 1 saturated carbocycles. The summed E-state index contributed by atoms with van der Waals surface area (Å²) in [6.45, 7) is 8.25. The molecule has 0 unspecified atom stereocenters. The minimum Gasteiger partial charge on any atom is -0.310 e. The molecule has 1 aromatic heterocycles. The molecule has 0 saturated heterocycles. The van der Waals surface area contributed by atoms with Gasteiger partial charge < -0.3 is 5.32 Å². The average Bonchev–Trinajstić information content (AvgIpc) is 3.06. The second-order valence-corrected chi connectivity index (χ2v) is 11.3. The zero-order chi connectivity index (χ0) is 19.8. The largest absolute Gasteiger partial charge is 0.310 e. The van der Waals surface area contributed by atoms with Crippen LogP contribution in [0.2, 0.25) is 0 Å². The van der Waals surface area contributed by atoms with E-state index in [-0.39, 0.29) is 28.9 Å². The number of fused-ring (bicyclic) bond motifs is 1. The van der Waals surface area contributed by atoms with Gasteiger partial charge in [-0.2, -0.15) is 5.10 Å². The van der Waals surface area contributed by atoms with E-state index in [4.69, 9.17) is 0 Å². The fourth-order valence-electron chi connectivity index (χ4n) is 4.28. The zero-order valence-electron chi connectivity index (χ0n) is 17.0. The third-order valence-electron chi connectivity index (χ3n) is 5.85. The minimum atomic E-state index is -3.15. The molecular formula is C20H33N3O3S. The van der Waals surface area contributed by atoms with Crippen molar-refractivity contribution >= 4 is 21.6 Å². The number of nitrogens with one attached hydrogen (secondary N) is 1. The lowest BCUT2D eigenvalue weighted by Gasteiger charge is -2.29. The molecule has 2 heterocycles. The van der Waals surface area contributed by atoms with Gasteiger partial charge in [-0.1, -0.05) is 26.2 Å². The molecule has 7 heteroatoms. The SMILES string of the molecule is CCCCC1CCC(C(=O)Nc2c3c(nn2C(C)(C)C)CS(=O)(=O)C3)CC1. The van der Waals surface area contributed by atoms with Crippen molar-refractivity contribution in [3.8, 4) is 0 Å². The van der Waals surface area contributed by atoms with Crippen molar-refractivity contribution in [2.24, 2.45) is 11.8 Å². The van der Waals surface area contributed by atoms with Gasteiger partial charge >= 0.3 is 0 Å². The maximum absolute atomic E-state index is 12.9. The summed E-state index contributed by atoms with van der Waals surface area (Å²) < 4.78 is 25.8. The summed E-state index contributed by atoms with van der Waals surface area (Å²) >= 11 is 0. The van der Waals surface area contributed by atoms with Crippen LogP contribution in [0, 0.1) is 11.8 Å². The van der Waals surface area contributed by atoms with Crippen LogP contribution < -0.4 is 5.32 Å². The zero-order valence-corrected chi connectivity index (χ0v) is 17.9. The summed E-state index contributed by atoms with van der Waals surface area (Å²) in [5.74, 6) is 1.30. The van der Waals surface area contributed by atoms with Gasteiger partial charge in [0.1, 0.15) is 5.82 Å². The Bertz CT molecular complexity index is 797. The van der Waals surface area contributed by atoms with Gasteiger partial charge in [-0.3, -0.25) is 4.79 Å². The van der Waals surface area contributed by atoms with Gasteiger partial charge in [0.15, 0.2) is 9.84 Å². The number of hydrogen-bond acceptors (Lipinski definition) is 4. The Kier molecular flexibility index (Phi) is 5.71. The number of sulfone groups is 1. The van der Waals surface area contributed by atoms with Crippen LogP contribution in [0.3, 0.4) is 0 Å². The molecule has 0 radical (unpaired) electrons. The Morgan fingerprint density at radius 3 is 2.44 bits per heavy atom. The first-order chi connectivity index (χ1) is 12.6. The van der Waals surface area contributed by atoms with Gasteiger partial charge in [0.25, 0.3) is 0 Å². The molecule has 1 aliphatic heterocycles. The number of carbonyl (C=O) groups is 1. The smallest absolute Gasteiger partial charge is 0.228 e. The molecule has 1 N–H and O–H groups in total. The van der Waals surface area contributed by atoms with Gasteiger partial charge in [0, 0.05) is 11.5 Å². The van der Waals surface area contributed by atoms with Crippen LogP contribution in [0.15, 0.2) is 0 Å². The first kappa shape index (κ1) is 20.4. The van der Waals surface area contributed by atoms with E-state index in [2.05, 4.69) is 17.3 Å². The summed E-state index contributed by atoms with van der Waals surface area (Å²) in [6, 6.07) is 0. The molecular weight excluding hydrogens is 362 g/mol. The van der Waals surface area contributed by atoms with E-state index in [9.17, 15) is 13.2 Å². The Labute approximate surface area is 163 Å². The van der Waals surface area contributed by atoms with Crippen LogP contribution >= 0.6 is 0 Å². The van der Waals surface area contributed by atoms with Gasteiger partial charge in [0.2, 0.25) is 5.91 Å². The van der Waals surface area contributed by atoms with Crippen LogP contribution in [0.5, 0.6) is 0 Å². The molecule has 6 nitrogen and oxygen atoms in total. The molecule has 1 amide bonds. The first-order valence-electron chi connectivity index (χ1n) is 10.2. The molecule has 0 aromatic carbocycles. The lowest BCUT2D eigenvalue weighted by atomic mass is 9.79. The van der Waals surface area contributed by atoms with Gasteiger partial charge in [-0.05, 0) is 52.4 Å². The van der Waals surface area contributed by atoms with Gasteiger partial charge in [-0.25, -0.2) is 13.1 Å². The van der Waals surface area contributed by atoms with E-state index >= 15 is 0 Å². The molecule has 0 spiro atoms. The number of nitrogens with zero attached hydrogens (tertiary/aromatic N) is 2. The Morgan fingerprint density at radius 1 is 1.19 bits per heavy atom. The number of rotatable bonds is 5. The lowest BCUT2D eigenvalue weighted by Crippen LogP contribution is -2.31. The summed E-state index contributed by atoms with van der Waals surface area (Å²) in [5.41, 5.74) is 0.938. The van der Waals surface area contributed by atoms with E-state index in [1.165, 1.54) is 19.3 Å². The molecule has 152 valence electrons. The van der Waals surface area contributed by atoms with Crippen molar-refractivity contribution in [1.82, 2.24) is 9.78 Å². The summed E-state index contributed by atoms with van der Waals surface area (Å²) in [5, 5.41) is 7.58. The van der Waals surface area contributed by atoms with Crippen LogP contribution in [0.4, 0.5) is 5.82 Å². The highest BCUT2D eigenvalue weighted by molar-refractivity contribution is 7.90. The van der Waals surface area contributed by atoms with Crippen LogP contribution in [-0.4, -0.2) is 24.1 Å². The topological polar surface area (TPSA) is 81.1 Å². The van der Waals surface area contributed by atoms with Crippen molar-refractivity contribution < 1.29 is 13.2 Å². The van der Waals surface area contributed by atoms with E-state index < -0.39 is 9.84 Å². The lowest BCUT2D eigenvalue weighted by molar-refractivity contribution is -0.121. The van der Waals surface area contributed by atoms with Crippen molar-refractivity contribution in [3.05, 3.63) is 11.3 Å². The minimum absolute atomic E-state index is 0.0138. The van der Waals surface area contributed by atoms with E-state index in [0.717, 1.165) is 31.6 Å². The molecule has 27 heavy (non-hydrogen) atoms. The molecule has 2 aliphatic rings. The Morgan fingerprint density at radius 2 is 1.85 bits per heavy atom. The number of anilines is 1. The second-order valence-electron chi connectivity index (χ2n) is 9.24. The fraction of sp³-hybridized carbons (Fsp3) is 0.800. The van der Waals surface area contributed by atoms with Crippen molar-refractivity contribution in [1.29, 1.82) is 0 Å². The van der Waals surface area contributed by atoms with E-state index in [1.807, 2.05) is 20.8 Å². The molecule has 1 aromatic rings. The molecule has 0 bridgehead atoms. The monoisotopic (exact) mass is 395 g/mol. The number of amides is 1. The Balaban J connectivity index is 1.73. The standard InChI is InChI=1S/C20H33N3O3S/c1-5-6-7-14-8-10-15(11-9-14)19(24)21-18-16-12-27(25,26)13-17(16)22-23(18)20(2,3)4/h14-15H,5-13H2,1-4H3,(H,21,24). The van der Waals surface area contributed by atoms with Gasteiger partial charge in [0.05, 0.1) is 22.7 Å². The van der Waals surface area contributed by atoms with Crippen molar-refractivity contribution in [3.63, 3.8) is 0 Å². The van der Waals surface area contributed by atoms with Crippen LogP contribution in [-0.2, 0) is 31.7 Å². The quantitative estimate of drug-likeness (QED) is 0.817. The average molecular weight is 396 g/mol. The van der Waals surface area contributed by atoms with Crippen molar-refractivity contribution in [2.45, 2.75) is 89.7 Å². The normalized spacial score (nSPS) is 24.6. The summed E-state index contributed by atoms with van der Waals surface area (Å²) in [4.78, 5) is 12.9. The number of hydrogen-bond donors (Lipinski definition) is 1. The van der Waals surface area contributed by atoms with Crippen LogP contribution in [0.1, 0.15) is 83.9 Å². The van der Waals surface area contributed by atoms with E-state index in [0.29, 0.717) is 17.1 Å². The predicted octanol–water partition coefficient (Wildman–Crippen LogP) is 4.00. The number of carbonyl (C=O) groups excluding carboxylic acids is 1. The van der Waals surface area contributed by atoms with Crippen molar-refractivity contribution in [2.75, 3.05) is 5.32 Å². The third kappa shape index (κ3) is 4.55. The summed E-state index contributed by atoms with van der Waals surface area (Å²) in [6.07, 6.45) is 7.84. The van der Waals surface area contributed by atoms with E-state index in [1.54, 1.807) is 4.68 Å². The summed E-state index contributed by atoms with van der Waals surface area (Å²) in [7, 11) is -3.15. The Hall–Kier alpha value is -1.37. The van der Waals surface area contributed by atoms with Crippen LogP contribution in [0.25, 0.3) is 0 Å². The second kappa shape index (κ2) is 7.57. The first-order valence-corrected chi connectivity index (χ1v) is 12.1. The molecule has 0 atom stereocenters.